The molecule has 0 unspecified atom stereocenters. The molecule has 0 aromatic rings. The predicted molar refractivity (Wildman–Crippen MR) is 99.2 cm³/mol. The molecule has 0 saturated heterocycles. The van der Waals surface area contributed by atoms with E-state index in [2.05, 4.69) is 32.3 Å². The molecular weight excluding hydrogens is 292 g/mol. The highest BCUT2D eigenvalue weighted by Gasteiger charge is 2.62. The summed E-state index contributed by atoms with van der Waals surface area (Å²) in [5.74, 6) is 9.13. The highest BCUT2D eigenvalue weighted by atomic mass is 16.3. The SMILES string of the molecule is C=C1CCC2=C(C1)C[C@@H](C)[C@@H]1[C@@H]2CC[C@@]2(C)[C@H]1CC[C@@]2(O)C#CC. The minimum absolute atomic E-state index is 0.0121. The van der Waals surface area contributed by atoms with Gasteiger partial charge in [0.15, 0.2) is 0 Å². The number of rotatable bonds is 0. The van der Waals surface area contributed by atoms with Gasteiger partial charge in [0.05, 0.1) is 0 Å². The molecule has 1 heteroatoms. The fourth-order valence-corrected chi connectivity index (χ4v) is 6.99. The Bertz CT molecular complexity index is 659. The molecule has 2 saturated carbocycles. The van der Waals surface area contributed by atoms with Crippen LogP contribution in [0.2, 0.25) is 0 Å². The van der Waals surface area contributed by atoms with E-state index in [1.807, 2.05) is 6.92 Å². The Labute approximate surface area is 147 Å². The third kappa shape index (κ3) is 2.12. The van der Waals surface area contributed by atoms with Crippen LogP contribution in [0.5, 0.6) is 0 Å². The molecule has 0 spiro atoms. The molecule has 2 fully saturated rings. The number of hydrogen-bond acceptors (Lipinski definition) is 1. The van der Waals surface area contributed by atoms with Crippen LogP contribution < -0.4 is 0 Å². The summed E-state index contributed by atoms with van der Waals surface area (Å²) >= 11 is 0. The van der Waals surface area contributed by atoms with Crippen molar-refractivity contribution in [3.8, 4) is 11.8 Å². The molecule has 1 N–H and O–H groups in total. The van der Waals surface area contributed by atoms with Crippen LogP contribution in [0.4, 0.5) is 0 Å². The summed E-state index contributed by atoms with van der Waals surface area (Å²) in [5.41, 5.74) is 4.19. The molecule has 4 aliphatic rings. The van der Waals surface area contributed by atoms with Gasteiger partial charge < -0.3 is 5.11 Å². The Morgan fingerprint density at radius 1 is 1.21 bits per heavy atom. The summed E-state index contributed by atoms with van der Waals surface area (Å²) in [6.07, 6.45) is 9.29. The zero-order valence-electron chi connectivity index (χ0n) is 15.6. The first-order chi connectivity index (χ1) is 11.4. The minimum Gasteiger partial charge on any atom is -0.377 e. The van der Waals surface area contributed by atoms with Gasteiger partial charge in [0, 0.05) is 5.41 Å². The lowest BCUT2D eigenvalue weighted by Gasteiger charge is -2.55. The Morgan fingerprint density at radius 2 is 2.00 bits per heavy atom. The molecule has 0 radical (unpaired) electrons. The molecule has 0 heterocycles. The Morgan fingerprint density at radius 3 is 2.75 bits per heavy atom. The monoisotopic (exact) mass is 324 g/mol. The number of allylic oxidation sites excluding steroid dienone is 3. The van der Waals surface area contributed by atoms with Gasteiger partial charge in [-0.1, -0.05) is 43.1 Å². The van der Waals surface area contributed by atoms with Crippen molar-refractivity contribution in [2.24, 2.45) is 29.1 Å². The summed E-state index contributed by atoms with van der Waals surface area (Å²) in [7, 11) is 0. The second-order valence-electron chi connectivity index (χ2n) is 9.26. The fraction of sp³-hybridized carbons (Fsp3) is 0.739. The highest BCUT2D eigenvalue weighted by molar-refractivity contribution is 5.34. The standard InChI is InChI=1S/C23H32O/c1-5-10-23(24)12-9-20-21-16(3)14-17-13-15(2)6-7-18(17)19(21)8-11-22(20,23)4/h16,19-21,24H,2,6-9,11-14H2,1,3-4H3/t16-,19-,20+,21-,22+,23+/m1/s1. The van der Waals surface area contributed by atoms with Crippen molar-refractivity contribution in [2.45, 2.75) is 77.7 Å². The molecule has 1 nitrogen and oxygen atoms in total. The Kier molecular flexibility index (Phi) is 3.77. The van der Waals surface area contributed by atoms with Crippen LogP contribution in [-0.2, 0) is 0 Å². The van der Waals surface area contributed by atoms with E-state index >= 15 is 0 Å². The van der Waals surface area contributed by atoms with E-state index in [1.165, 1.54) is 31.3 Å². The molecule has 0 bridgehead atoms. The van der Waals surface area contributed by atoms with Gasteiger partial charge in [-0.3, -0.25) is 0 Å². The largest absolute Gasteiger partial charge is 0.377 e. The van der Waals surface area contributed by atoms with E-state index in [0.717, 1.165) is 43.4 Å². The van der Waals surface area contributed by atoms with E-state index in [-0.39, 0.29) is 5.41 Å². The van der Waals surface area contributed by atoms with Gasteiger partial charge in [0.25, 0.3) is 0 Å². The third-order valence-corrected chi connectivity index (χ3v) is 8.15. The van der Waals surface area contributed by atoms with Crippen molar-refractivity contribution >= 4 is 0 Å². The summed E-state index contributed by atoms with van der Waals surface area (Å²) < 4.78 is 0. The maximum Gasteiger partial charge on any atom is 0.131 e. The van der Waals surface area contributed by atoms with Crippen molar-refractivity contribution in [1.29, 1.82) is 0 Å². The average Bonchev–Trinajstić information content (AvgIpc) is 2.79. The fourth-order valence-electron chi connectivity index (χ4n) is 6.99. The van der Waals surface area contributed by atoms with Crippen LogP contribution in [-0.4, -0.2) is 10.7 Å². The molecule has 130 valence electrons. The molecule has 0 aliphatic heterocycles. The van der Waals surface area contributed by atoms with E-state index in [1.54, 1.807) is 11.1 Å². The van der Waals surface area contributed by atoms with Gasteiger partial charge >= 0.3 is 0 Å². The molecule has 4 aliphatic carbocycles. The predicted octanol–water partition coefficient (Wildman–Crippen LogP) is 5.26. The molecule has 0 amide bonds. The summed E-state index contributed by atoms with van der Waals surface area (Å²) in [4.78, 5) is 0. The van der Waals surface area contributed by atoms with Crippen LogP contribution in [0, 0.1) is 40.9 Å². The van der Waals surface area contributed by atoms with E-state index in [0.29, 0.717) is 5.92 Å². The van der Waals surface area contributed by atoms with E-state index in [4.69, 9.17) is 0 Å². The lowest BCUT2D eigenvalue weighted by molar-refractivity contribution is -0.0806. The zero-order chi connectivity index (χ0) is 17.1. The molecular formula is C23H32O. The second kappa shape index (κ2) is 5.50. The lowest BCUT2D eigenvalue weighted by Crippen LogP contribution is -2.52. The third-order valence-electron chi connectivity index (χ3n) is 8.15. The first-order valence-electron chi connectivity index (χ1n) is 9.93. The van der Waals surface area contributed by atoms with Crippen molar-refractivity contribution in [1.82, 2.24) is 0 Å². The first kappa shape index (κ1) is 16.5. The van der Waals surface area contributed by atoms with E-state index in [9.17, 15) is 5.11 Å². The van der Waals surface area contributed by atoms with Crippen LogP contribution in [0.1, 0.15) is 72.1 Å². The van der Waals surface area contributed by atoms with Crippen molar-refractivity contribution < 1.29 is 5.11 Å². The van der Waals surface area contributed by atoms with Crippen molar-refractivity contribution in [2.75, 3.05) is 0 Å². The van der Waals surface area contributed by atoms with Crippen LogP contribution in [0.15, 0.2) is 23.3 Å². The van der Waals surface area contributed by atoms with Gasteiger partial charge in [-0.25, -0.2) is 0 Å². The molecule has 4 rings (SSSR count). The second-order valence-corrected chi connectivity index (χ2v) is 9.26. The molecule has 24 heavy (non-hydrogen) atoms. The summed E-state index contributed by atoms with van der Waals surface area (Å²) in [5, 5.41) is 11.3. The molecule has 6 atom stereocenters. The maximum atomic E-state index is 11.3. The first-order valence-corrected chi connectivity index (χ1v) is 9.93. The molecule has 0 aromatic heterocycles. The lowest BCUT2D eigenvalue weighted by atomic mass is 9.50. The quantitative estimate of drug-likeness (QED) is 0.476. The van der Waals surface area contributed by atoms with Crippen LogP contribution >= 0.6 is 0 Å². The number of fused-ring (bicyclic) bond motifs is 4. The molecule has 0 aromatic carbocycles. The Balaban J connectivity index is 1.71. The normalized spacial score (nSPS) is 47.4. The zero-order valence-corrected chi connectivity index (χ0v) is 15.6. The Hall–Kier alpha value is -1.00. The topological polar surface area (TPSA) is 20.2 Å². The van der Waals surface area contributed by atoms with Gasteiger partial charge in [-0.05, 0) is 82.0 Å². The maximum absolute atomic E-state index is 11.3. The highest BCUT2D eigenvalue weighted by Crippen LogP contribution is 2.65. The summed E-state index contributed by atoms with van der Waals surface area (Å²) in [6.45, 7) is 10.9. The van der Waals surface area contributed by atoms with Crippen molar-refractivity contribution in [3.05, 3.63) is 23.3 Å². The number of aliphatic hydroxyl groups is 1. The smallest absolute Gasteiger partial charge is 0.131 e. The number of hydrogen-bond donors (Lipinski definition) is 1. The van der Waals surface area contributed by atoms with Gasteiger partial charge in [-0.2, -0.15) is 0 Å². The van der Waals surface area contributed by atoms with Gasteiger partial charge in [0.1, 0.15) is 5.60 Å². The minimum atomic E-state index is -0.757. The van der Waals surface area contributed by atoms with E-state index < -0.39 is 5.60 Å². The van der Waals surface area contributed by atoms with Gasteiger partial charge in [0.2, 0.25) is 0 Å². The average molecular weight is 325 g/mol. The van der Waals surface area contributed by atoms with Gasteiger partial charge in [-0.15, -0.1) is 5.92 Å². The van der Waals surface area contributed by atoms with Crippen LogP contribution in [0.25, 0.3) is 0 Å². The van der Waals surface area contributed by atoms with Crippen molar-refractivity contribution in [3.63, 3.8) is 0 Å². The summed E-state index contributed by atoms with van der Waals surface area (Å²) in [6, 6.07) is 0. The van der Waals surface area contributed by atoms with Crippen LogP contribution in [0.3, 0.4) is 0 Å².